The lowest BCUT2D eigenvalue weighted by molar-refractivity contribution is -0.143. The molecule has 3 aliphatic carbocycles. The molecule has 7 nitrogen and oxygen atoms in total. The minimum atomic E-state index is -1.41. The van der Waals surface area contributed by atoms with Gasteiger partial charge in [0, 0.05) is 22.5 Å². The molecule has 0 aromatic heterocycles. The van der Waals surface area contributed by atoms with Crippen LogP contribution in [0.4, 0.5) is 5.69 Å². The number of carbonyl (C=O) groups is 4. The summed E-state index contributed by atoms with van der Waals surface area (Å²) in [7, 11) is 0. The summed E-state index contributed by atoms with van der Waals surface area (Å²) in [6.45, 7) is 1.82. The molecule has 4 amide bonds. The third-order valence-electron chi connectivity index (χ3n) is 11.7. The van der Waals surface area contributed by atoms with Crippen LogP contribution in [-0.2, 0) is 24.6 Å². The van der Waals surface area contributed by atoms with Crippen LogP contribution >= 0.6 is 11.6 Å². The number of aromatic hydroxyl groups is 1. The Morgan fingerprint density at radius 1 is 0.830 bits per heavy atom. The molecule has 8 rings (SSSR count). The number of para-hydroxylation sites is 1. The van der Waals surface area contributed by atoms with Gasteiger partial charge in [-0.1, -0.05) is 97.1 Å². The van der Waals surface area contributed by atoms with Crippen molar-refractivity contribution in [2.45, 2.75) is 69.2 Å². The molecule has 6 atom stereocenters. The van der Waals surface area contributed by atoms with E-state index in [1.165, 1.54) is 4.90 Å². The van der Waals surface area contributed by atoms with Gasteiger partial charge in [-0.25, -0.2) is 4.90 Å². The molecule has 8 heteroatoms. The van der Waals surface area contributed by atoms with E-state index in [1.807, 2.05) is 55.5 Å². The lowest BCUT2D eigenvalue weighted by atomic mass is 9.49. The van der Waals surface area contributed by atoms with Gasteiger partial charge >= 0.3 is 0 Å². The summed E-state index contributed by atoms with van der Waals surface area (Å²) in [4.78, 5) is 61.3. The molecule has 2 saturated heterocycles. The van der Waals surface area contributed by atoms with E-state index in [2.05, 4.69) is 6.08 Å². The summed E-state index contributed by atoms with van der Waals surface area (Å²) in [5.41, 5.74) is 1.71. The fourth-order valence-electron chi connectivity index (χ4n) is 9.73. The van der Waals surface area contributed by atoms with Gasteiger partial charge in [0.25, 0.3) is 0 Å². The second kappa shape index (κ2) is 11.2. The third-order valence-corrected chi connectivity index (χ3v) is 12.0. The monoisotopic (exact) mass is 648 g/mol. The predicted octanol–water partition coefficient (Wildman–Crippen LogP) is 6.85. The van der Waals surface area contributed by atoms with Gasteiger partial charge in [-0.05, 0) is 67.9 Å². The molecule has 1 N–H and O–H groups in total. The zero-order chi connectivity index (χ0) is 32.6. The molecular formula is C39H37ClN2O5. The van der Waals surface area contributed by atoms with Crippen molar-refractivity contribution < 1.29 is 24.3 Å². The Kier molecular flexibility index (Phi) is 7.17. The molecule has 2 aliphatic heterocycles. The number of nitrogens with zero attached hydrogens (tertiary/aromatic N) is 2. The van der Waals surface area contributed by atoms with Crippen molar-refractivity contribution in [2.24, 2.45) is 23.7 Å². The van der Waals surface area contributed by atoms with E-state index in [4.69, 9.17) is 11.6 Å². The molecule has 0 unspecified atom stereocenters. The Balaban J connectivity index is 1.35. The van der Waals surface area contributed by atoms with Gasteiger partial charge < -0.3 is 5.11 Å². The van der Waals surface area contributed by atoms with E-state index in [9.17, 15) is 19.5 Å². The van der Waals surface area contributed by atoms with Gasteiger partial charge in [0.05, 0.1) is 28.9 Å². The van der Waals surface area contributed by atoms with Crippen molar-refractivity contribution in [3.63, 3.8) is 0 Å². The van der Waals surface area contributed by atoms with E-state index in [0.29, 0.717) is 33.8 Å². The quantitative estimate of drug-likeness (QED) is 0.247. The predicted molar refractivity (Wildman–Crippen MR) is 178 cm³/mol. The van der Waals surface area contributed by atoms with Gasteiger partial charge in [0.15, 0.2) is 0 Å². The maximum absolute atomic E-state index is 15.3. The van der Waals surface area contributed by atoms with Gasteiger partial charge in [-0.2, -0.15) is 0 Å². The number of hydrogen-bond donors (Lipinski definition) is 1. The van der Waals surface area contributed by atoms with E-state index in [0.717, 1.165) is 37.7 Å². The molecule has 0 spiro atoms. The van der Waals surface area contributed by atoms with E-state index in [1.54, 1.807) is 29.2 Å². The Bertz CT molecular complexity index is 1850. The normalized spacial score (nSPS) is 30.7. The Hall–Kier alpha value is -4.23. The fourth-order valence-corrected chi connectivity index (χ4v) is 9.91. The number of halogens is 1. The number of fused-ring (bicyclic) bond motifs is 4. The summed E-state index contributed by atoms with van der Waals surface area (Å²) in [5.74, 6) is -4.09. The first kappa shape index (κ1) is 30.1. The highest BCUT2D eigenvalue weighted by Gasteiger charge is 2.70. The Labute approximate surface area is 279 Å². The summed E-state index contributed by atoms with van der Waals surface area (Å²) >= 11 is 6.39. The van der Waals surface area contributed by atoms with Crippen LogP contribution in [0.2, 0.25) is 5.02 Å². The minimum Gasteiger partial charge on any atom is -0.507 e. The number of phenolic OH excluding ortho intramolecular Hbond substituents is 1. The molecule has 3 aromatic carbocycles. The zero-order valence-electron chi connectivity index (χ0n) is 26.3. The van der Waals surface area contributed by atoms with Crippen LogP contribution in [0.3, 0.4) is 0 Å². The summed E-state index contributed by atoms with van der Waals surface area (Å²) in [6.07, 6.45) is 7.42. The number of rotatable bonds is 4. The second-order valence-corrected chi connectivity index (χ2v) is 14.4. The molecular weight excluding hydrogens is 612 g/mol. The Morgan fingerprint density at radius 2 is 1.57 bits per heavy atom. The molecule has 5 aliphatic rings. The number of amides is 4. The lowest BCUT2D eigenvalue weighted by Crippen LogP contribution is -2.53. The number of phenols is 1. The number of imide groups is 2. The molecule has 3 aromatic rings. The van der Waals surface area contributed by atoms with Crippen LogP contribution in [0, 0.1) is 30.6 Å². The third kappa shape index (κ3) is 4.24. The van der Waals surface area contributed by atoms with Crippen LogP contribution < -0.4 is 4.90 Å². The first-order chi connectivity index (χ1) is 22.7. The first-order valence-electron chi connectivity index (χ1n) is 16.8. The van der Waals surface area contributed by atoms with E-state index >= 15 is 4.79 Å². The standard InChI is InChI=1S/C39H37ClN2O5/c1-22-10-8-17-29(34(22)43)33-27-18-19-28-32(37(46)41(35(28)44)25-14-6-3-7-15-25)30(27)21-31-36(45)42(26-16-9-13-24(40)20-26)38(47)39(31,33)23-11-4-2-5-12-23/h2,4-5,8-13,16-18,20,25,28,30-33,43H,3,6-7,14-15,19,21H2,1H3/t28-,30+,31-,32-,33+,39+/m0/s1. The van der Waals surface area contributed by atoms with Gasteiger partial charge in [0.1, 0.15) is 5.75 Å². The number of aryl methyl sites for hydroxylation is 1. The molecule has 2 saturated carbocycles. The van der Waals surface area contributed by atoms with Gasteiger partial charge in [-0.3, -0.25) is 24.1 Å². The molecule has 240 valence electrons. The smallest absolute Gasteiger partial charge is 0.246 e. The number of carbonyl (C=O) groups excluding carboxylic acids is 4. The number of hydrogen-bond acceptors (Lipinski definition) is 5. The summed E-state index contributed by atoms with van der Waals surface area (Å²) in [5, 5.41) is 12.1. The largest absolute Gasteiger partial charge is 0.507 e. The van der Waals surface area contributed by atoms with Crippen molar-refractivity contribution in [3.8, 4) is 5.75 Å². The molecule has 47 heavy (non-hydrogen) atoms. The minimum absolute atomic E-state index is 0.0642. The van der Waals surface area contributed by atoms with Crippen LogP contribution in [0.25, 0.3) is 0 Å². The number of likely N-dealkylation sites (tertiary alicyclic amines) is 1. The van der Waals surface area contributed by atoms with Crippen molar-refractivity contribution >= 4 is 40.9 Å². The highest BCUT2D eigenvalue weighted by atomic mass is 35.5. The summed E-state index contributed by atoms with van der Waals surface area (Å²) in [6, 6.07) is 21.6. The van der Waals surface area contributed by atoms with Crippen molar-refractivity contribution in [3.05, 3.63) is 106 Å². The van der Waals surface area contributed by atoms with Gasteiger partial charge in [-0.15, -0.1) is 0 Å². The average molecular weight is 649 g/mol. The van der Waals surface area contributed by atoms with Crippen molar-refractivity contribution in [1.82, 2.24) is 4.90 Å². The Morgan fingerprint density at radius 3 is 2.32 bits per heavy atom. The van der Waals surface area contributed by atoms with Crippen LogP contribution in [0.1, 0.15) is 67.6 Å². The highest BCUT2D eigenvalue weighted by Crippen LogP contribution is 2.65. The SMILES string of the molecule is Cc1cccc([C@H]2C3=CC[C@@H]4C(=O)N(C5CCCCC5)C(=O)[C@@H]4[C@@H]3C[C@H]3C(=O)N(c4cccc(Cl)c4)C(=O)[C@@]23c2ccccc2)c1O. The van der Waals surface area contributed by atoms with Crippen LogP contribution in [0.15, 0.2) is 84.4 Å². The van der Waals surface area contributed by atoms with Crippen molar-refractivity contribution in [2.75, 3.05) is 4.90 Å². The maximum atomic E-state index is 15.3. The number of anilines is 1. The average Bonchev–Trinajstić information content (AvgIpc) is 3.47. The second-order valence-electron chi connectivity index (χ2n) is 13.9. The van der Waals surface area contributed by atoms with Crippen LogP contribution in [0.5, 0.6) is 5.75 Å². The zero-order valence-corrected chi connectivity index (χ0v) is 27.0. The van der Waals surface area contributed by atoms with Crippen molar-refractivity contribution in [1.29, 1.82) is 0 Å². The maximum Gasteiger partial charge on any atom is 0.246 e. The van der Waals surface area contributed by atoms with E-state index < -0.39 is 35.0 Å². The highest BCUT2D eigenvalue weighted by molar-refractivity contribution is 6.32. The molecule has 0 radical (unpaired) electrons. The first-order valence-corrected chi connectivity index (χ1v) is 17.2. The number of benzene rings is 3. The fraction of sp³-hybridized carbons (Fsp3) is 0.385. The topological polar surface area (TPSA) is 95.0 Å². The molecule has 4 fully saturated rings. The lowest BCUT2D eigenvalue weighted by Gasteiger charge is -2.50. The molecule has 2 heterocycles. The van der Waals surface area contributed by atoms with E-state index in [-0.39, 0.29) is 41.8 Å². The summed E-state index contributed by atoms with van der Waals surface area (Å²) < 4.78 is 0. The number of allylic oxidation sites excluding steroid dienone is 2. The van der Waals surface area contributed by atoms with Crippen LogP contribution in [-0.4, -0.2) is 39.7 Å². The molecule has 0 bridgehead atoms. The van der Waals surface area contributed by atoms with Gasteiger partial charge in [0.2, 0.25) is 23.6 Å².